The van der Waals surface area contributed by atoms with Crippen molar-refractivity contribution in [1.82, 2.24) is 15.1 Å². The second-order valence-corrected chi connectivity index (χ2v) is 5.52. The van der Waals surface area contributed by atoms with Gasteiger partial charge in [-0.05, 0) is 50.2 Å². The summed E-state index contributed by atoms with van der Waals surface area (Å²) in [6.45, 7) is 4.09. The van der Waals surface area contributed by atoms with Crippen molar-refractivity contribution in [2.24, 2.45) is 0 Å². The van der Waals surface area contributed by atoms with Gasteiger partial charge in [-0.2, -0.15) is 5.10 Å². The van der Waals surface area contributed by atoms with Gasteiger partial charge < -0.3 is 9.73 Å². The van der Waals surface area contributed by atoms with Crippen molar-refractivity contribution in [2.75, 3.05) is 6.54 Å². The Kier molecular flexibility index (Phi) is 4.46. The van der Waals surface area contributed by atoms with Crippen molar-refractivity contribution in [3.63, 3.8) is 0 Å². The minimum absolute atomic E-state index is 0.176. The van der Waals surface area contributed by atoms with Crippen LogP contribution in [0.25, 0.3) is 5.69 Å². The average Bonchev–Trinajstić information content (AvgIpc) is 3.16. The second kappa shape index (κ2) is 6.70. The molecule has 0 aliphatic heterocycles. The number of amides is 1. The molecule has 0 unspecified atom stereocenters. The van der Waals surface area contributed by atoms with Gasteiger partial charge in [-0.1, -0.05) is 0 Å². The largest absolute Gasteiger partial charge is 0.469 e. The van der Waals surface area contributed by atoms with Crippen LogP contribution in [-0.2, 0) is 6.42 Å². The van der Waals surface area contributed by atoms with E-state index in [9.17, 15) is 9.18 Å². The lowest BCUT2D eigenvalue weighted by molar-refractivity contribution is 0.0952. The van der Waals surface area contributed by atoms with Gasteiger partial charge in [0, 0.05) is 13.0 Å². The van der Waals surface area contributed by atoms with Crippen LogP contribution >= 0.6 is 0 Å². The third-order valence-corrected chi connectivity index (χ3v) is 3.83. The third kappa shape index (κ3) is 3.22. The van der Waals surface area contributed by atoms with E-state index < -0.39 is 0 Å². The van der Waals surface area contributed by atoms with E-state index in [-0.39, 0.29) is 11.7 Å². The van der Waals surface area contributed by atoms with E-state index in [4.69, 9.17) is 4.42 Å². The second-order valence-electron chi connectivity index (χ2n) is 5.52. The molecule has 6 heteroatoms. The topological polar surface area (TPSA) is 60.1 Å². The normalized spacial score (nSPS) is 10.8. The summed E-state index contributed by atoms with van der Waals surface area (Å²) in [7, 11) is 0. The van der Waals surface area contributed by atoms with Crippen molar-refractivity contribution in [3.05, 3.63) is 71.2 Å². The van der Waals surface area contributed by atoms with Crippen LogP contribution in [0.2, 0.25) is 0 Å². The lowest BCUT2D eigenvalue weighted by Gasteiger charge is -2.06. The molecule has 1 N–H and O–H groups in total. The number of hydrogen-bond donors (Lipinski definition) is 1. The molecule has 124 valence electrons. The summed E-state index contributed by atoms with van der Waals surface area (Å²) in [5.41, 5.74) is 2.60. The predicted octanol–water partition coefficient (Wildman–Crippen LogP) is 3.19. The third-order valence-electron chi connectivity index (χ3n) is 3.83. The Morgan fingerprint density at radius 3 is 2.67 bits per heavy atom. The number of furan rings is 1. The molecule has 0 spiro atoms. The summed E-state index contributed by atoms with van der Waals surface area (Å²) < 4.78 is 20.0. The molecule has 0 aliphatic carbocycles. The molecule has 0 saturated heterocycles. The first-order valence-electron chi connectivity index (χ1n) is 7.69. The van der Waals surface area contributed by atoms with E-state index in [2.05, 4.69) is 10.4 Å². The fraction of sp³-hybridized carbons (Fsp3) is 0.222. The smallest absolute Gasteiger partial charge is 0.255 e. The number of carbonyl (C=O) groups is 1. The number of benzene rings is 1. The van der Waals surface area contributed by atoms with Crippen molar-refractivity contribution < 1.29 is 13.6 Å². The monoisotopic (exact) mass is 327 g/mol. The highest BCUT2D eigenvalue weighted by Crippen LogP contribution is 2.18. The van der Waals surface area contributed by atoms with E-state index in [0.717, 1.165) is 11.5 Å². The molecule has 0 radical (unpaired) electrons. The molecule has 2 heterocycles. The zero-order valence-corrected chi connectivity index (χ0v) is 13.5. The van der Waals surface area contributed by atoms with Crippen LogP contribution < -0.4 is 5.32 Å². The quantitative estimate of drug-likeness (QED) is 0.783. The van der Waals surface area contributed by atoms with Crippen LogP contribution in [-0.4, -0.2) is 22.2 Å². The van der Waals surface area contributed by atoms with Crippen molar-refractivity contribution in [2.45, 2.75) is 20.3 Å². The maximum Gasteiger partial charge on any atom is 0.255 e. The first kappa shape index (κ1) is 16.0. The maximum atomic E-state index is 13.1. The summed E-state index contributed by atoms with van der Waals surface area (Å²) in [5.74, 6) is 0.340. The van der Waals surface area contributed by atoms with Crippen LogP contribution in [0.4, 0.5) is 4.39 Å². The summed E-state index contributed by atoms with van der Waals surface area (Å²) in [4.78, 5) is 12.5. The van der Waals surface area contributed by atoms with Crippen LogP contribution in [0.3, 0.4) is 0 Å². The van der Waals surface area contributed by atoms with Crippen molar-refractivity contribution in [1.29, 1.82) is 0 Å². The number of hydrogen-bond acceptors (Lipinski definition) is 3. The Morgan fingerprint density at radius 1 is 1.25 bits per heavy atom. The van der Waals surface area contributed by atoms with Crippen LogP contribution in [0.5, 0.6) is 0 Å². The van der Waals surface area contributed by atoms with E-state index >= 15 is 0 Å². The molecule has 0 bridgehead atoms. The highest BCUT2D eigenvalue weighted by molar-refractivity contribution is 5.96. The Hall–Kier alpha value is -2.89. The molecular formula is C18H18FN3O2. The molecule has 1 aromatic carbocycles. The van der Waals surface area contributed by atoms with Crippen LogP contribution in [0.15, 0.2) is 47.1 Å². The molecule has 24 heavy (non-hydrogen) atoms. The van der Waals surface area contributed by atoms with Gasteiger partial charge in [-0.3, -0.25) is 4.79 Å². The summed E-state index contributed by atoms with van der Waals surface area (Å²) in [5, 5.41) is 7.28. The molecule has 0 saturated carbocycles. The average molecular weight is 327 g/mol. The Bertz CT molecular complexity index is 836. The molecule has 2 aromatic heterocycles. The zero-order chi connectivity index (χ0) is 17.1. The number of carbonyl (C=O) groups excluding carboxylic acids is 1. The molecular weight excluding hydrogens is 309 g/mol. The van der Waals surface area contributed by atoms with Gasteiger partial charge in [-0.25, -0.2) is 9.07 Å². The van der Waals surface area contributed by atoms with Crippen LogP contribution in [0.1, 0.15) is 27.5 Å². The number of aromatic nitrogens is 2. The highest BCUT2D eigenvalue weighted by Gasteiger charge is 2.19. The molecule has 1 amide bonds. The standard InChI is InChI=1S/C18H18FN3O2/c1-12-17(18(23)20-10-9-16-4-3-11-24-16)13(2)22(21-12)15-7-5-14(19)6-8-15/h3-8,11H,9-10H2,1-2H3,(H,20,23). The number of nitrogens with zero attached hydrogens (tertiary/aromatic N) is 2. The molecule has 3 rings (SSSR count). The van der Waals surface area contributed by atoms with E-state index in [0.29, 0.717) is 29.9 Å². The van der Waals surface area contributed by atoms with E-state index in [1.165, 1.54) is 12.1 Å². The van der Waals surface area contributed by atoms with E-state index in [1.807, 2.05) is 19.1 Å². The molecule has 5 nitrogen and oxygen atoms in total. The van der Waals surface area contributed by atoms with Gasteiger partial charge in [0.15, 0.2) is 0 Å². The van der Waals surface area contributed by atoms with Gasteiger partial charge >= 0.3 is 0 Å². The molecule has 0 aliphatic rings. The summed E-state index contributed by atoms with van der Waals surface area (Å²) in [6, 6.07) is 9.69. The lowest BCUT2D eigenvalue weighted by Crippen LogP contribution is -2.26. The van der Waals surface area contributed by atoms with E-state index in [1.54, 1.807) is 30.0 Å². The lowest BCUT2D eigenvalue weighted by atomic mass is 10.2. The first-order valence-corrected chi connectivity index (χ1v) is 7.69. The molecule has 0 atom stereocenters. The van der Waals surface area contributed by atoms with Gasteiger partial charge in [0.25, 0.3) is 5.91 Å². The fourth-order valence-electron chi connectivity index (χ4n) is 2.65. The van der Waals surface area contributed by atoms with Crippen LogP contribution in [0, 0.1) is 19.7 Å². The fourth-order valence-corrected chi connectivity index (χ4v) is 2.65. The predicted molar refractivity (Wildman–Crippen MR) is 87.7 cm³/mol. The summed E-state index contributed by atoms with van der Waals surface area (Å²) >= 11 is 0. The minimum atomic E-state index is -0.309. The summed E-state index contributed by atoms with van der Waals surface area (Å²) in [6.07, 6.45) is 2.24. The zero-order valence-electron chi connectivity index (χ0n) is 13.5. The van der Waals surface area contributed by atoms with Gasteiger partial charge in [-0.15, -0.1) is 0 Å². The van der Waals surface area contributed by atoms with Gasteiger partial charge in [0.2, 0.25) is 0 Å². The Morgan fingerprint density at radius 2 is 2.00 bits per heavy atom. The highest BCUT2D eigenvalue weighted by atomic mass is 19.1. The number of aryl methyl sites for hydroxylation is 1. The van der Waals surface area contributed by atoms with Gasteiger partial charge in [0.1, 0.15) is 11.6 Å². The van der Waals surface area contributed by atoms with Gasteiger partial charge in [0.05, 0.1) is 28.9 Å². The molecule has 3 aromatic rings. The first-order chi connectivity index (χ1) is 11.6. The number of rotatable bonds is 5. The Labute approximate surface area is 139 Å². The Balaban J connectivity index is 1.75. The maximum absolute atomic E-state index is 13.1. The van der Waals surface area contributed by atoms with Crippen molar-refractivity contribution >= 4 is 5.91 Å². The SMILES string of the molecule is Cc1nn(-c2ccc(F)cc2)c(C)c1C(=O)NCCc1ccco1. The number of nitrogens with one attached hydrogen (secondary N) is 1. The molecule has 0 fully saturated rings. The number of halogens is 1. The van der Waals surface area contributed by atoms with Crippen molar-refractivity contribution in [3.8, 4) is 5.69 Å². The minimum Gasteiger partial charge on any atom is -0.469 e.